The van der Waals surface area contributed by atoms with Crippen LogP contribution in [-0.4, -0.2) is 70.0 Å². The molecule has 2 unspecified atom stereocenters. The number of unbranched alkanes of at least 4 members (excludes halogenated alkanes) is 44. The lowest BCUT2D eigenvalue weighted by Crippen LogP contribution is -2.37. The standard InChI is InChI=1S/C66H128NO8P/c1-6-8-10-12-14-16-18-19-20-21-22-23-24-25-26-27-28-29-30-31-32-33-34-35-36-37-38-39-40-41-42-43-44-45-46-47-49-51-53-55-57-59-66(69)75-64(63-74-76(70,71)73-61-60-67(3,4)5)62-72-65(68)58-56-54-52-50-48-17-15-13-11-9-7-2/h18-19,21-22,64H,6-17,20,23-63H2,1-5H3/b19-18-,22-21-. The zero-order valence-electron chi connectivity index (χ0n) is 51.2. The first kappa shape index (κ1) is 74.5. The summed E-state index contributed by atoms with van der Waals surface area (Å²) in [5, 5.41) is 0. The average molecular weight is 1090 g/mol. The molecule has 0 aromatic rings. The summed E-state index contributed by atoms with van der Waals surface area (Å²) in [6, 6.07) is 0. The Hall–Kier alpha value is -1.51. The molecule has 0 aliphatic heterocycles. The minimum Gasteiger partial charge on any atom is -0.756 e. The van der Waals surface area contributed by atoms with Crippen LogP contribution < -0.4 is 4.89 Å². The largest absolute Gasteiger partial charge is 0.756 e. The van der Waals surface area contributed by atoms with Gasteiger partial charge in [0.05, 0.1) is 27.7 Å². The van der Waals surface area contributed by atoms with E-state index in [-0.39, 0.29) is 32.0 Å². The first-order chi connectivity index (χ1) is 37.0. The van der Waals surface area contributed by atoms with E-state index < -0.39 is 26.5 Å². The molecule has 0 amide bonds. The van der Waals surface area contributed by atoms with Crippen LogP contribution in [0.4, 0.5) is 0 Å². The Balaban J connectivity index is 3.78. The lowest BCUT2D eigenvalue weighted by atomic mass is 10.0. The number of esters is 2. The van der Waals surface area contributed by atoms with E-state index in [9.17, 15) is 19.0 Å². The molecule has 0 aliphatic carbocycles. The van der Waals surface area contributed by atoms with Gasteiger partial charge >= 0.3 is 11.9 Å². The number of hydrogen-bond acceptors (Lipinski definition) is 8. The third-order valence-electron chi connectivity index (χ3n) is 15.0. The van der Waals surface area contributed by atoms with E-state index in [0.717, 1.165) is 38.5 Å². The number of ether oxygens (including phenoxy) is 2. The molecule has 450 valence electrons. The number of carbonyl (C=O) groups is 2. The minimum atomic E-state index is -4.63. The SMILES string of the molecule is CCCCCCC/C=C\C/C=C\CCCCCCCCCCCCCCCCCCCCCCCCCCCCCCCC(=O)OC(COC(=O)CCCCCCCCCCCCC)COP(=O)([O-])OCC[N+](C)(C)C. The second-order valence-corrected chi connectivity index (χ2v) is 25.3. The molecule has 0 bridgehead atoms. The van der Waals surface area contributed by atoms with Crippen LogP contribution >= 0.6 is 7.82 Å². The van der Waals surface area contributed by atoms with Gasteiger partial charge in [0.15, 0.2) is 6.10 Å². The summed E-state index contributed by atoms with van der Waals surface area (Å²) < 4.78 is 34.1. The summed E-state index contributed by atoms with van der Waals surface area (Å²) in [5.41, 5.74) is 0. The summed E-state index contributed by atoms with van der Waals surface area (Å²) in [7, 11) is 1.19. The summed E-state index contributed by atoms with van der Waals surface area (Å²) in [6.45, 7) is 4.26. The van der Waals surface area contributed by atoms with Crippen molar-refractivity contribution in [3.05, 3.63) is 24.3 Å². The normalized spacial score (nSPS) is 13.3. The Labute approximate surface area is 472 Å². The number of phosphoric acid groups is 1. The van der Waals surface area contributed by atoms with Gasteiger partial charge in [0.2, 0.25) is 0 Å². The fourth-order valence-corrected chi connectivity index (χ4v) is 10.6. The zero-order valence-corrected chi connectivity index (χ0v) is 52.1. The Morgan fingerprint density at radius 1 is 0.408 bits per heavy atom. The molecule has 0 saturated heterocycles. The van der Waals surface area contributed by atoms with Crippen LogP contribution in [0.25, 0.3) is 0 Å². The predicted molar refractivity (Wildman–Crippen MR) is 324 cm³/mol. The van der Waals surface area contributed by atoms with Crippen LogP contribution in [0.3, 0.4) is 0 Å². The van der Waals surface area contributed by atoms with Crippen LogP contribution in [-0.2, 0) is 32.7 Å². The lowest BCUT2D eigenvalue weighted by Gasteiger charge is -2.28. The van der Waals surface area contributed by atoms with Crippen molar-refractivity contribution in [2.24, 2.45) is 0 Å². The number of nitrogens with zero attached hydrogens (tertiary/aromatic N) is 1. The quantitative estimate of drug-likeness (QED) is 0.0195. The van der Waals surface area contributed by atoms with E-state index in [0.29, 0.717) is 17.4 Å². The molecular formula is C66H128NO8P. The summed E-state index contributed by atoms with van der Waals surface area (Å²) in [4.78, 5) is 37.8. The smallest absolute Gasteiger partial charge is 0.306 e. The Bertz CT molecular complexity index is 1330. The van der Waals surface area contributed by atoms with Crippen LogP contribution in [0.15, 0.2) is 24.3 Å². The van der Waals surface area contributed by atoms with Gasteiger partial charge in [-0.1, -0.05) is 301 Å². The number of likely N-dealkylation sites (N-methyl/N-ethyl adjacent to an activating group) is 1. The van der Waals surface area contributed by atoms with E-state index in [1.165, 1.54) is 263 Å². The van der Waals surface area contributed by atoms with Crippen molar-refractivity contribution in [3.8, 4) is 0 Å². The number of carbonyl (C=O) groups excluding carboxylic acids is 2. The van der Waals surface area contributed by atoms with Crippen molar-refractivity contribution in [2.75, 3.05) is 47.5 Å². The molecule has 2 atom stereocenters. The highest BCUT2D eigenvalue weighted by Gasteiger charge is 2.22. The van der Waals surface area contributed by atoms with Crippen molar-refractivity contribution < 1.29 is 42.1 Å². The van der Waals surface area contributed by atoms with Gasteiger partial charge in [-0.25, -0.2) is 0 Å². The minimum absolute atomic E-state index is 0.0265. The second-order valence-electron chi connectivity index (χ2n) is 23.8. The van der Waals surface area contributed by atoms with Gasteiger partial charge in [0.1, 0.15) is 19.8 Å². The molecule has 0 radical (unpaired) electrons. The van der Waals surface area contributed by atoms with Crippen molar-refractivity contribution in [3.63, 3.8) is 0 Å². The van der Waals surface area contributed by atoms with Gasteiger partial charge in [-0.3, -0.25) is 14.2 Å². The summed E-state index contributed by atoms with van der Waals surface area (Å²) >= 11 is 0. The topological polar surface area (TPSA) is 111 Å². The van der Waals surface area contributed by atoms with Crippen molar-refractivity contribution in [1.29, 1.82) is 0 Å². The Morgan fingerprint density at radius 2 is 0.711 bits per heavy atom. The van der Waals surface area contributed by atoms with E-state index in [4.69, 9.17) is 18.5 Å². The lowest BCUT2D eigenvalue weighted by molar-refractivity contribution is -0.870. The molecule has 76 heavy (non-hydrogen) atoms. The van der Waals surface area contributed by atoms with Crippen molar-refractivity contribution in [2.45, 2.75) is 341 Å². The number of hydrogen-bond donors (Lipinski definition) is 0. The number of allylic oxidation sites excluding steroid dienone is 4. The van der Waals surface area contributed by atoms with Gasteiger partial charge in [-0.05, 0) is 44.9 Å². The molecule has 0 saturated carbocycles. The van der Waals surface area contributed by atoms with Crippen LogP contribution in [0.2, 0.25) is 0 Å². The number of quaternary nitrogens is 1. The fourth-order valence-electron chi connectivity index (χ4n) is 9.87. The van der Waals surface area contributed by atoms with Gasteiger partial charge < -0.3 is 27.9 Å². The molecule has 0 aromatic heterocycles. The van der Waals surface area contributed by atoms with E-state index >= 15 is 0 Å². The maximum Gasteiger partial charge on any atom is 0.306 e. The van der Waals surface area contributed by atoms with Gasteiger partial charge in [-0.2, -0.15) is 0 Å². The maximum absolute atomic E-state index is 12.8. The maximum atomic E-state index is 12.8. The molecular weight excluding hydrogens is 966 g/mol. The molecule has 9 nitrogen and oxygen atoms in total. The molecule has 0 aliphatic rings. The second kappa shape index (κ2) is 58.2. The number of rotatable bonds is 62. The Kier molecular flexibility index (Phi) is 57.0. The monoisotopic (exact) mass is 1090 g/mol. The third-order valence-corrected chi connectivity index (χ3v) is 15.9. The third kappa shape index (κ3) is 61.7. The van der Waals surface area contributed by atoms with Crippen molar-refractivity contribution >= 4 is 19.8 Å². The molecule has 0 aromatic carbocycles. The van der Waals surface area contributed by atoms with Crippen LogP contribution in [0.1, 0.15) is 335 Å². The van der Waals surface area contributed by atoms with Gasteiger partial charge in [0.25, 0.3) is 7.82 Å². The van der Waals surface area contributed by atoms with Crippen LogP contribution in [0, 0.1) is 0 Å². The van der Waals surface area contributed by atoms with Gasteiger partial charge in [0, 0.05) is 12.8 Å². The first-order valence-electron chi connectivity index (χ1n) is 33.0. The molecule has 0 fully saturated rings. The molecule has 10 heteroatoms. The average Bonchev–Trinajstić information content (AvgIpc) is 3.38. The fraction of sp³-hybridized carbons (Fsp3) is 0.909. The van der Waals surface area contributed by atoms with E-state index in [1.54, 1.807) is 0 Å². The van der Waals surface area contributed by atoms with E-state index in [2.05, 4.69) is 38.2 Å². The molecule has 0 N–H and O–H groups in total. The molecule has 0 spiro atoms. The first-order valence-corrected chi connectivity index (χ1v) is 34.5. The summed E-state index contributed by atoms with van der Waals surface area (Å²) in [6.07, 6.45) is 71.5. The number of phosphoric ester groups is 1. The highest BCUT2D eigenvalue weighted by Crippen LogP contribution is 2.38. The van der Waals surface area contributed by atoms with Crippen molar-refractivity contribution in [1.82, 2.24) is 0 Å². The molecule has 0 heterocycles. The summed E-state index contributed by atoms with van der Waals surface area (Å²) in [5.74, 6) is -0.816. The van der Waals surface area contributed by atoms with Crippen LogP contribution in [0.5, 0.6) is 0 Å². The molecule has 0 rings (SSSR count). The zero-order chi connectivity index (χ0) is 55.6. The highest BCUT2D eigenvalue weighted by atomic mass is 31.2. The predicted octanol–water partition coefficient (Wildman–Crippen LogP) is 20.3. The highest BCUT2D eigenvalue weighted by molar-refractivity contribution is 7.45. The Morgan fingerprint density at radius 3 is 1.04 bits per heavy atom. The van der Waals surface area contributed by atoms with E-state index in [1.807, 2.05) is 21.1 Å². The van der Waals surface area contributed by atoms with Gasteiger partial charge in [-0.15, -0.1) is 0 Å².